The zero-order valence-corrected chi connectivity index (χ0v) is 20.6. The predicted molar refractivity (Wildman–Crippen MR) is 131 cm³/mol. The molecule has 4 aliphatic rings. The van der Waals surface area contributed by atoms with E-state index in [0.29, 0.717) is 18.4 Å². The average molecular weight is 486 g/mol. The van der Waals surface area contributed by atoms with E-state index in [1.54, 1.807) is 0 Å². The van der Waals surface area contributed by atoms with Crippen LogP contribution < -0.4 is 10.6 Å². The lowest BCUT2D eigenvalue weighted by molar-refractivity contribution is -0.194. The highest BCUT2D eigenvalue weighted by Crippen LogP contribution is 2.65. The number of nitrogens with one attached hydrogen (secondary N) is 2. The third kappa shape index (κ3) is 4.67. The molecule has 8 nitrogen and oxygen atoms in total. The van der Waals surface area contributed by atoms with Gasteiger partial charge in [0.05, 0.1) is 11.0 Å². The Balaban J connectivity index is 1.22. The van der Waals surface area contributed by atoms with Gasteiger partial charge in [-0.15, -0.1) is 0 Å². The van der Waals surface area contributed by atoms with Crippen LogP contribution in [0.3, 0.4) is 0 Å². The Morgan fingerprint density at radius 1 is 1.20 bits per heavy atom. The topological polar surface area (TPSA) is 121 Å². The molecule has 2 saturated carbocycles. The maximum Gasteiger partial charge on any atom is 0.326 e. The number of aliphatic hydroxyl groups excluding tert-OH is 1. The van der Waals surface area contributed by atoms with Crippen molar-refractivity contribution in [2.45, 2.75) is 88.7 Å². The largest absolute Gasteiger partial charge is 0.480 e. The summed E-state index contributed by atoms with van der Waals surface area (Å²) in [5, 5.41) is 24.8. The molecule has 0 bridgehead atoms. The van der Waals surface area contributed by atoms with Gasteiger partial charge in [0.1, 0.15) is 11.9 Å². The van der Waals surface area contributed by atoms with Crippen LogP contribution in [-0.4, -0.2) is 58.5 Å². The van der Waals surface area contributed by atoms with Gasteiger partial charge >= 0.3 is 5.97 Å². The highest BCUT2D eigenvalue weighted by atomic mass is 16.5. The summed E-state index contributed by atoms with van der Waals surface area (Å²) in [6.45, 7) is 1.39. The van der Waals surface area contributed by atoms with Gasteiger partial charge in [0, 0.05) is 31.9 Å². The number of carbonyl (C=O) groups is 2. The fourth-order valence-electron chi connectivity index (χ4n) is 6.77. The number of rotatable bonds is 10. The zero-order valence-electron chi connectivity index (χ0n) is 20.6. The van der Waals surface area contributed by atoms with E-state index in [1.165, 1.54) is 12.0 Å². The van der Waals surface area contributed by atoms with E-state index in [1.807, 2.05) is 0 Å². The first-order valence-electron chi connectivity index (χ1n) is 13.5. The molecule has 3 fully saturated rings. The Bertz CT molecular complexity index is 935. The van der Waals surface area contributed by atoms with E-state index in [4.69, 9.17) is 9.72 Å². The third-order valence-electron chi connectivity index (χ3n) is 8.97. The number of hydrogen-bond acceptors (Lipinski definition) is 6. The van der Waals surface area contributed by atoms with Gasteiger partial charge in [0.15, 0.2) is 0 Å². The maximum absolute atomic E-state index is 13.4. The molecule has 2 aliphatic heterocycles. The molecular weight excluding hydrogens is 446 g/mol. The Morgan fingerprint density at radius 2 is 2.03 bits per heavy atom. The SMILES string of the molecule is O=C(O)[C@H](CCO)NC(=O)C1(C2(C3CC(CCc4ccc5c(n4)NCCC5)C3)CCCCO2)CC1. The zero-order chi connectivity index (χ0) is 24.5. The van der Waals surface area contributed by atoms with Crippen LogP contribution in [-0.2, 0) is 27.2 Å². The number of aryl methyl sites for hydroxylation is 2. The van der Waals surface area contributed by atoms with E-state index in [0.717, 1.165) is 82.3 Å². The second-order valence-electron chi connectivity index (χ2n) is 11.1. The molecule has 1 amide bonds. The van der Waals surface area contributed by atoms with Crippen LogP contribution in [0.1, 0.15) is 75.5 Å². The normalized spacial score (nSPS) is 29.7. The summed E-state index contributed by atoms with van der Waals surface area (Å²) >= 11 is 0. The van der Waals surface area contributed by atoms with Crippen molar-refractivity contribution in [2.75, 3.05) is 25.1 Å². The van der Waals surface area contributed by atoms with Crippen LogP contribution in [0.25, 0.3) is 0 Å². The molecule has 1 saturated heterocycles. The molecule has 3 heterocycles. The second kappa shape index (κ2) is 10.1. The maximum atomic E-state index is 13.4. The molecule has 0 radical (unpaired) electrons. The van der Waals surface area contributed by atoms with Gasteiger partial charge in [-0.05, 0) is 94.1 Å². The number of aliphatic hydroxyl groups is 1. The van der Waals surface area contributed by atoms with Gasteiger partial charge in [0.2, 0.25) is 5.91 Å². The predicted octanol–water partition coefficient (Wildman–Crippen LogP) is 3.07. The van der Waals surface area contributed by atoms with Gasteiger partial charge in [-0.2, -0.15) is 0 Å². The minimum Gasteiger partial charge on any atom is -0.480 e. The molecule has 0 spiro atoms. The van der Waals surface area contributed by atoms with Gasteiger partial charge in [-0.25, -0.2) is 9.78 Å². The lowest BCUT2D eigenvalue weighted by Gasteiger charge is -2.54. The first kappa shape index (κ1) is 24.5. The molecule has 8 heteroatoms. The lowest BCUT2D eigenvalue weighted by Crippen LogP contribution is -2.60. The minimum absolute atomic E-state index is 0.0166. The number of amides is 1. The number of hydrogen-bond donors (Lipinski definition) is 4. The Labute approximate surface area is 207 Å². The van der Waals surface area contributed by atoms with Crippen LogP contribution in [0.15, 0.2) is 12.1 Å². The molecule has 4 N–H and O–H groups in total. The molecular formula is C27H39N3O5. The quantitative estimate of drug-likeness (QED) is 0.402. The van der Waals surface area contributed by atoms with Gasteiger partial charge in [-0.1, -0.05) is 6.07 Å². The first-order chi connectivity index (χ1) is 17.0. The van der Waals surface area contributed by atoms with E-state index < -0.39 is 23.0 Å². The molecule has 1 aromatic heterocycles. The average Bonchev–Trinajstić information content (AvgIpc) is 3.66. The fourth-order valence-corrected chi connectivity index (χ4v) is 6.77. The van der Waals surface area contributed by atoms with Crippen molar-refractivity contribution in [3.05, 3.63) is 23.4 Å². The third-order valence-corrected chi connectivity index (χ3v) is 8.97. The number of fused-ring (bicyclic) bond motifs is 1. The molecule has 35 heavy (non-hydrogen) atoms. The van der Waals surface area contributed by atoms with Crippen LogP contribution in [0.5, 0.6) is 0 Å². The number of carboxylic acids is 1. The van der Waals surface area contributed by atoms with Crippen molar-refractivity contribution >= 4 is 17.7 Å². The Hall–Kier alpha value is -2.19. The number of aliphatic carboxylic acids is 1. The lowest BCUT2D eigenvalue weighted by atomic mass is 9.58. The number of pyridine rings is 1. The molecule has 192 valence electrons. The van der Waals surface area contributed by atoms with Crippen molar-refractivity contribution in [1.29, 1.82) is 0 Å². The summed E-state index contributed by atoms with van der Waals surface area (Å²) in [7, 11) is 0. The van der Waals surface area contributed by atoms with E-state index >= 15 is 0 Å². The first-order valence-corrected chi connectivity index (χ1v) is 13.5. The molecule has 0 aromatic carbocycles. The Morgan fingerprint density at radius 3 is 2.71 bits per heavy atom. The van der Waals surface area contributed by atoms with Gasteiger partial charge in [-0.3, -0.25) is 4.79 Å². The van der Waals surface area contributed by atoms with E-state index in [9.17, 15) is 19.8 Å². The molecule has 1 unspecified atom stereocenters. The fraction of sp³-hybridized carbons (Fsp3) is 0.741. The van der Waals surface area contributed by atoms with Crippen LogP contribution in [0, 0.1) is 17.3 Å². The monoisotopic (exact) mass is 485 g/mol. The van der Waals surface area contributed by atoms with Gasteiger partial charge < -0.3 is 25.6 Å². The number of aromatic nitrogens is 1. The van der Waals surface area contributed by atoms with Crippen LogP contribution in [0.4, 0.5) is 5.82 Å². The Kier molecular flexibility index (Phi) is 7.04. The smallest absolute Gasteiger partial charge is 0.326 e. The summed E-state index contributed by atoms with van der Waals surface area (Å²) in [5.41, 5.74) is 1.35. The van der Waals surface area contributed by atoms with Gasteiger partial charge in [0.25, 0.3) is 0 Å². The summed E-state index contributed by atoms with van der Waals surface area (Å²) in [5.74, 6) is 0.692. The number of carboxylic acid groups (broad SMARTS) is 1. The van der Waals surface area contributed by atoms with E-state index in [2.05, 4.69) is 22.8 Å². The number of anilines is 1. The summed E-state index contributed by atoms with van der Waals surface area (Å²) in [4.78, 5) is 29.8. The molecule has 5 rings (SSSR count). The standard InChI is InChI=1S/C27H39N3O5/c31-14-9-22(24(32)33)30-25(34)26(11-12-26)27(10-1-2-15-35-27)20-16-18(17-20)5-7-21-8-6-19-4-3-13-28-23(19)29-21/h6,8,18,20,22,31H,1-5,7,9-17H2,(H,28,29)(H,30,34)(H,32,33)/t18?,20?,22-,27?/m0/s1. The summed E-state index contributed by atoms with van der Waals surface area (Å²) in [6, 6.07) is 3.33. The van der Waals surface area contributed by atoms with Crippen molar-refractivity contribution < 1.29 is 24.5 Å². The van der Waals surface area contributed by atoms with E-state index in [-0.39, 0.29) is 18.9 Å². The number of nitrogens with zero attached hydrogens (tertiary/aromatic N) is 1. The summed E-state index contributed by atoms with van der Waals surface area (Å²) < 4.78 is 6.52. The summed E-state index contributed by atoms with van der Waals surface area (Å²) in [6.07, 6.45) is 10.9. The minimum atomic E-state index is -1.10. The molecule has 1 aromatic rings. The highest BCUT2D eigenvalue weighted by molar-refractivity contribution is 5.90. The van der Waals surface area contributed by atoms with Crippen LogP contribution >= 0.6 is 0 Å². The van der Waals surface area contributed by atoms with Crippen molar-refractivity contribution in [3.63, 3.8) is 0 Å². The van der Waals surface area contributed by atoms with Crippen molar-refractivity contribution in [1.82, 2.24) is 10.3 Å². The van der Waals surface area contributed by atoms with Crippen molar-refractivity contribution in [2.24, 2.45) is 17.3 Å². The number of carbonyl (C=O) groups excluding carboxylic acids is 1. The van der Waals surface area contributed by atoms with Crippen molar-refractivity contribution in [3.8, 4) is 0 Å². The molecule has 2 aliphatic carbocycles. The van der Waals surface area contributed by atoms with Crippen LogP contribution in [0.2, 0.25) is 0 Å². The highest BCUT2D eigenvalue weighted by Gasteiger charge is 2.69. The second-order valence-corrected chi connectivity index (χ2v) is 11.1. The molecule has 2 atom stereocenters. The number of ether oxygens (including phenoxy) is 1.